The number of aromatic nitrogens is 3. The van der Waals surface area contributed by atoms with Crippen molar-refractivity contribution in [3.63, 3.8) is 0 Å². The Bertz CT molecular complexity index is 562. The topological polar surface area (TPSA) is 51.0 Å². The van der Waals surface area contributed by atoms with E-state index in [0.717, 1.165) is 23.5 Å². The number of anilines is 1. The molecule has 2 aromatic heterocycles. The number of carbonyl (C=O) groups is 1. The van der Waals surface area contributed by atoms with Crippen molar-refractivity contribution < 1.29 is 4.79 Å². The number of aldehydes is 1. The van der Waals surface area contributed by atoms with E-state index in [-0.39, 0.29) is 0 Å². The molecule has 0 saturated carbocycles. The van der Waals surface area contributed by atoms with E-state index in [1.165, 1.54) is 0 Å². The number of rotatable bonds is 4. The molecule has 2 heterocycles. The second-order valence-corrected chi connectivity index (χ2v) is 4.34. The quantitative estimate of drug-likeness (QED) is 0.766. The van der Waals surface area contributed by atoms with Gasteiger partial charge in [-0.15, -0.1) is 0 Å². The molecule has 0 saturated heterocycles. The molecule has 18 heavy (non-hydrogen) atoms. The van der Waals surface area contributed by atoms with Crippen LogP contribution in [0.3, 0.4) is 0 Å². The second kappa shape index (κ2) is 5.00. The molecule has 0 N–H and O–H groups in total. The smallest absolute Gasteiger partial charge is 0.151 e. The molecule has 0 aromatic carbocycles. The van der Waals surface area contributed by atoms with Crippen LogP contribution in [0.15, 0.2) is 24.7 Å². The number of hydrogen-bond donors (Lipinski definition) is 0. The van der Waals surface area contributed by atoms with E-state index in [1.54, 1.807) is 12.4 Å². The van der Waals surface area contributed by atoms with E-state index in [9.17, 15) is 4.79 Å². The van der Waals surface area contributed by atoms with Crippen molar-refractivity contribution in [3.8, 4) is 0 Å². The predicted molar refractivity (Wildman–Crippen MR) is 69.7 cm³/mol. The van der Waals surface area contributed by atoms with E-state index in [0.29, 0.717) is 12.1 Å². The van der Waals surface area contributed by atoms with Gasteiger partial charge in [0.1, 0.15) is 11.6 Å². The van der Waals surface area contributed by atoms with Crippen LogP contribution < -0.4 is 4.90 Å². The fourth-order valence-corrected chi connectivity index (χ4v) is 1.89. The minimum atomic E-state index is 0.599. The van der Waals surface area contributed by atoms with Crippen LogP contribution in [0.2, 0.25) is 0 Å². The summed E-state index contributed by atoms with van der Waals surface area (Å²) < 4.78 is 1.98. The van der Waals surface area contributed by atoms with Crippen molar-refractivity contribution in [2.45, 2.75) is 13.5 Å². The van der Waals surface area contributed by atoms with Crippen molar-refractivity contribution in [2.75, 3.05) is 11.9 Å². The Morgan fingerprint density at radius 3 is 2.78 bits per heavy atom. The first-order chi connectivity index (χ1) is 8.61. The SMILES string of the molecule is Cc1cc(C=O)cnc1N(C)Cc1nccn1C. The Labute approximate surface area is 106 Å². The molecule has 0 aliphatic heterocycles. The fourth-order valence-electron chi connectivity index (χ4n) is 1.89. The van der Waals surface area contributed by atoms with Crippen LogP contribution in [-0.4, -0.2) is 27.9 Å². The molecule has 0 bridgehead atoms. The lowest BCUT2D eigenvalue weighted by atomic mass is 10.2. The summed E-state index contributed by atoms with van der Waals surface area (Å²) in [5, 5.41) is 0. The maximum Gasteiger partial charge on any atom is 0.151 e. The van der Waals surface area contributed by atoms with Gasteiger partial charge in [-0.1, -0.05) is 0 Å². The summed E-state index contributed by atoms with van der Waals surface area (Å²) in [6.07, 6.45) is 6.09. The zero-order valence-electron chi connectivity index (χ0n) is 10.8. The van der Waals surface area contributed by atoms with Crippen molar-refractivity contribution in [1.29, 1.82) is 0 Å². The van der Waals surface area contributed by atoms with E-state index in [4.69, 9.17) is 0 Å². The average Bonchev–Trinajstić information content (AvgIpc) is 2.74. The molecule has 5 nitrogen and oxygen atoms in total. The van der Waals surface area contributed by atoms with Gasteiger partial charge in [0.05, 0.1) is 6.54 Å². The minimum absolute atomic E-state index is 0.599. The first-order valence-corrected chi connectivity index (χ1v) is 5.71. The summed E-state index contributed by atoms with van der Waals surface area (Å²) in [5.74, 6) is 1.83. The highest BCUT2D eigenvalue weighted by Crippen LogP contribution is 2.17. The third kappa shape index (κ3) is 2.40. The van der Waals surface area contributed by atoms with Gasteiger partial charge in [0.25, 0.3) is 0 Å². The van der Waals surface area contributed by atoms with Crippen molar-refractivity contribution in [1.82, 2.24) is 14.5 Å². The van der Waals surface area contributed by atoms with Crippen LogP contribution >= 0.6 is 0 Å². The lowest BCUT2D eigenvalue weighted by molar-refractivity contribution is 0.112. The number of carbonyl (C=O) groups excluding carboxylic acids is 1. The highest BCUT2D eigenvalue weighted by Gasteiger charge is 2.09. The van der Waals surface area contributed by atoms with Crippen LogP contribution in [0.4, 0.5) is 5.82 Å². The minimum Gasteiger partial charge on any atom is -0.352 e. The number of hydrogen-bond acceptors (Lipinski definition) is 4. The molecule has 0 aliphatic rings. The molecule has 0 unspecified atom stereocenters. The van der Waals surface area contributed by atoms with Gasteiger partial charge in [0, 0.05) is 38.2 Å². The van der Waals surface area contributed by atoms with Crippen LogP contribution in [0.5, 0.6) is 0 Å². The molecule has 0 spiro atoms. The van der Waals surface area contributed by atoms with Gasteiger partial charge in [0.15, 0.2) is 6.29 Å². The Morgan fingerprint density at radius 2 is 2.22 bits per heavy atom. The first kappa shape index (κ1) is 12.3. The van der Waals surface area contributed by atoms with E-state index >= 15 is 0 Å². The Kier molecular flexibility index (Phi) is 3.41. The van der Waals surface area contributed by atoms with E-state index in [1.807, 2.05) is 42.7 Å². The molecule has 0 aliphatic carbocycles. The van der Waals surface area contributed by atoms with Gasteiger partial charge in [-0.25, -0.2) is 9.97 Å². The van der Waals surface area contributed by atoms with Crippen LogP contribution in [0.1, 0.15) is 21.7 Å². The maximum atomic E-state index is 10.7. The molecular weight excluding hydrogens is 228 g/mol. The summed E-state index contributed by atoms with van der Waals surface area (Å²) in [6.45, 7) is 2.63. The molecule has 94 valence electrons. The molecular formula is C13H16N4O. The third-order valence-corrected chi connectivity index (χ3v) is 2.87. The summed E-state index contributed by atoms with van der Waals surface area (Å²) in [4.78, 5) is 21.3. The fraction of sp³-hybridized carbons (Fsp3) is 0.308. The molecule has 2 rings (SSSR count). The monoisotopic (exact) mass is 244 g/mol. The van der Waals surface area contributed by atoms with Crippen molar-refractivity contribution in [2.24, 2.45) is 7.05 Å². The van der Waals surface area contributed by atoms with Crippen molar-refractivity contribution in [3.05, 3.63) is 41.6 Å². The molecule has 0 amide bonds. The zero-order chi connectivity index (χ0) is 13.1. The number of imidazole rings is 1. The predicted octanol–water partition coefficient (Wildman–Crippen LogP) is 1.57. The summed E-state index contributed by atoms with van der Waals surface area (Å²) in [7, 11) is 3.93. The van der Waals surface area contributed by atoms with Gasteiger partial charge < -0.3 is 9.47 Å². The second-order valence-electron chi connectivity index (χ2n) is 4.34. The average molecular weight is 244 g/mol. The number of pyridine rings is 1. The standard InChI is InChI=1S/C13H16N4O/c1-10-6-11(9-18)7-15-13(10)17(3)8-12-14-4-5-16(12)2/h4-7,9H,8H2,1-3H3. The number of nitrogens with zero attached hydrogens (tertiary/aromatic N) is 4. The summed E-state index contributed by atoms with van der Waals surface area (Å²) in [5.41, 5.74) is 1.58. The Morgan fingerprint density at radius 1 is 1.44 bits per heavy atom. The zero-order valence-corrected chi connectivity index (χ0v) is 10.8. The third-order valence-electron chi connectivity index (χ3n) is 2.87. The van der Waals surface area contributed by atoms with Gasteiger partial charge in [-0.2, -0.15) is 0 Å². The van der Waals surface area contributed by atoms with Gasteiger partial charge in [-0.05, 0) is 18.6 Å². The lowest BCUT2D eigenvalue weighted by Gasteiger charge is -2.19. The molecule has 0 fully saturated rings. The maximum absolute atomic E-state index is 10.7. The van der Waals surface area contributed by atoms with Crippen molar-refractivity contribution >= 4 is 12.1 Å². The Hall–Kier alpha value is -2.17. The van der Waals surface area contributed by atoms with Crippen LogP contribution in [-0.2, 0) is 13.6 Å². The highest BCUT2D eigenvalue weighted by molar-refractivity contribution is 5.75. The van der Waals surface area contributed by atoms with Gasteiger partial charge in [0.2, 0.25) is 0 Å². The van der Waals surface area contributed by atoms with Gasteiger partial charge in [-0.3, -0.25) is 4.79 Å². The summed E-state index contributed by atoms with van der Waals surface area (Å²) in [6, 6.07) is 1.84. The largest absolute Gasteiger partial charge is 0.352 e. The normalized spacial score (nSPS) is 10.4. The van der Waals surface area contributed by atoms with Crippen LogP contribution in [0, 0.1) is 6.92 Å². The summed E-state index contributed by atoms with van der Waals surface area (Å²) >= 11 is 0. The van der Waals surface area contributed by atoms with Crippen LogP contribution in [0.25, 0.3) is 0 Å². The van der Waals surface area contributed by atoms with E-state index in [2.05, 4.69) is 9.97 Å². The molecule has 0 radical (unpaired) electrons. The first-order valence-electron chi connectivity index (χ1n) is 5.71. The molecule has 5 heteroatoms. The molecule has 0 atom stereocenters. The highest BCUT2D eigenvalue weighted by atomic mass is 16.1. The Balaban J connectivity index is 2.21. The van der Waals surface area contributed by atoms with E-state index < -0.39 is 0 Å². The molecule has 2 aromatic rings. The lowest BCUT2D eigenvalue weighted by Crippen LogP contribution is -2.21. The number of aryl methyl sites for hydroxylation is 2. The van der Waals surface area contributed by atoms with Gasteiger partial charge >= 0.3 is 0 Å².